The molecule has 0 aromatic heterocycles. The second kappa shape index (κ2) is 8.40. The van der Waals surface area contributed by atoms with Gasteiger partial charge in [-0.25, -0.2) is 0 Å². The minimum Gasteiger partial charge on any atom is -0.395 e. The Balaban J connectivity index is 1.79. The number of rotatable bonds is 7. The van der Waals surface area contributed by atoms with Crippen molar-refractivity contribution in [2.45, 2.75) is 38.8 Å². The Labute approximate surface area is 123 Å². The van der Waals surface area contributed by atoms with E-state index < -0.39 is 0 Å². The fourth-order valence-corrected chi connectivity index (χ4v) is 3.18. The SMILES string of the molecule is CCCN(CCO)C1CCN(Cc2ccccc2)CC1. The van der Waals surface area contributed by atoms with Crippen molar-refractivity contribution in [3.8, 4) is 0 Å². The van der Waals surface area contributed by atoms with Gasteiger partial charge in [-0.2, -0.15) is 0 Å². The highest BCUT2D eigenvalue weighted by Gasteiger charge is 2.23. The standard InChI is InChI=1S/C17H28N2O/c1-2-10-19(13-14-20)17-8-11-18(12-9-17)15-16-6-4-3-5-7-16/h3-7,17,20H,2,8-15H2,1H3. The summed E-state index contributed by atoms with van der Waals surface area (Å²) in [4.78, 5) is 5.02. The van der Waals surface area contributed by atoms with E-state index in [0.717, 1.165) is 19.6 Å². The quantitative estimate of drug-likeness (QED) is 0.828. The zero-order chi connectivity index (χ0) is 14.2. The molecule has 0 amide bonds. The van der Waals surface area contributed by atoms with Crippen molar-refractivity contribution in [3.63, 3.8) is 0 Å². The minimum absolute atomic E-state index is 0.282. The molecule has 3 heteroatoms. The van der Waals surface area contributed by atoms with Gasteiger partial charge in [0.15, 0.2) is 0 Å². The van der Waals surface area contributed by atoms with Crippen LogP contribution < -0.4 is 0 Å². The fraction of sp³-hybridized carbons (Fsp3) is 0.647. The van der Waals surface area contributed by atoms with Gasteiger partial charge in [-0.3, -0.25) is 9.80 Å². The molecule has 0 saturated carbocycles. The Bertz CT molecular complexity index is 355. The molecule has 1 aliphatic heterocycles. The minimum atomic E-state index is 0.282. The summed E-state index contributed by atoms with van der Waals surface area (Å²) in [5.74, 6) is 0. The average molecular weight is 276 g/mol. The molecule has 3 nitrogen and oxygen atoms in total. The largest absolute Gasteiger partial charge is 0.395 e. The smallest absolute Gasteiger partial charge is 0.0558 e. The summed E-state index contributed by atoms with van der Waals surface area (Å²) < 4.78 is 0. The van der Waals surface area contributed by atoms with Crippen LogP contribution in [0.15, 0.2) is 30.3 Å². The second-order valence-corrected chi connectivity index (χ2v) is 5.75. The van der Waals surface area contributed by atoms with Gasteiger partial charge in [0.2, 0.25) is 0 Å². The lowest BCUT2D eigenvalue weighted by molar-refractivity contribution is 0.0882. The molecule has 0 radical (unpaired) electrons. The van der Waals surface area contributed by atoms with E-state index in [9.17, 15) is 5.11 Å². The number of aliphatic hydroxyl groups excluding tert-OH is 1. The van der Waals surface area contributed by atoms with Crippen LogP contribution in [-0.4, -0.2) is 53.7 Å². The molecular weight excluding hydrogens is 248 g/mol. The van der Waals surface area contributed by atoms with Crippen LogP contribution in [0.2, 0.25) is 0 Å². The van der Waals surface area contributed by atoms with E-state index in [0.29, 0.717) is 6.04 Å². The summed E-state index contributed by atoms with van der Waals surface area (Å²) in [6.45, 7) is 7.86. The van der Waals surface area contributed by atoms with Crippen LogP contribution in [0.4, 0.5) is 0 Å². The van der Waals surface area contributed by atoms with E-state index in [2.05, 4.69) is 47.1 Å². The Hall–Kier alpha value is -0.900. The highest BCUT2D eigenvalue weighted by atomic mass is 16.3. The van der Waals surface area contributed by atoms with Gasteiger partial charge in [0.25, 0.3) is 0 Å². The van der Waals surface area contributed by atoms with E-state index in [-0.39, 0.29) is 6.61 Å². The highest BCUT2D eigenvalue weighted by molar-refractivity contribution is 5.14. The van der Waals surface area contributed by atoms with Crippen LogP contribution >= 0.6 is 0 Å². The number of nitrogens with zero attached hydrogens (tertiary/aromatic N) is 2. The zero-order valence-corrected chi connectivity index (χ0v) is 12.7. The molecular formula is C17H28N2O. The van der Waals surface area contributed by atoms with Gasteiger partial charge < -0.3 is 5.11 Å². The first-order valence-electron chi connectivity index (χ1n) is 7.94. The molecule has 20 heavy (non-hydrogen) atoms. The van der Waals surface area contributed by atoms with Crippen LogP contribution in [0.25, 0.3) is 0 Å². The first-order valence-corrected chi connectivity index (χ1v) is 7.94. The van der Waals surface area contributed by atoms with E-state index in [1.54, 1.807) is 0 Å². The Morgan fingerprint density at radius 2 is 1.85 bits per heavy atom. The number of aliphatic hydroxyl groups is 1. The average Bonchev–Trinajstić information content (AvgIpc) is 2.49. The van der Waals surface area contributed by atoms with Gasteiger partial charge in [-0.1, -0.05) is 37.3 Å². The van der Waals surface area contributed by atoms with Gasteiger partial charge in [0.05, 0.1) is 6.61 Å². The number of likely N-dealkylation sites (tertiary alicyclic amines) is 1. The summed E-state index contributed by atoms with van der Waals surface area (Å²) in [7, 11) is 0. The summed E-state index contributed by atoms with van der Waals surface area (Å²) in [6, 6.07) is 11.4. The topological polar surface area (TPSA) is 26.7 Å². The molecule has 0 bridgehead atoms. The summed E-state index contributed by atoms with van der Waals surface area (Å²) in [5.41, 5.74) is 1.41. The maximum Gasteiger partial charge on any atom is 0.0558 e. The molecule has 0 unspecified atom stereocenters. The third kappa shape index (κ3) is 4.58. The summed E-state index contributed by atoms with van der Waals surface area (Å²) in [6.07, 6.45) is 3.63. The third-order valence-electron chi connectivity index (χ3n) is 4.22. The molecule has 112 valence electrons. The molecule has 1 aromatic rings. The lowest BCUT2D eigenvalue weighted by atomic mass is 10.0. The fourth-order valence-electron chi connectivity index (χ4n) is 3.18. The number of benzene rings is 1. The first kappa shape index (κ1) is 15.5. The Kier molecular flexibility index (Phi) is 6.51. The van der Waals surface area contributed by atoms with Gasteiger partial charge in [-0.15, -0.1) is 0 Å². The van der Waals surface area contributed by atoms with E-state index >= 15 is 0 Å². The van der Waals surface area contributed by atoms with Crippen LogP contribution in [0.3, 0.4) is 0 Å². The van der Waals surface area contributed by atoms with E-state index in [1.807, 2.05) is 0 Å². The predicted octanol–water partition coefficient (Wildman–Crippen LogP) is 2.36. The molecule has 0 atom stereocenters. The van der Waals surface area contributed by atoms with Gasteiger partial charge in [0.1, 0.15) is 0 Å². The van der Waals surface area contributed by atoms with Crippen molar-refractivity contribution < 1.29 is 5.11 Å². The highest BCUT2D eigenvalue weighted by Crippen LogP contribution is 2.18. The van der Waals surface area contributed by atoms with Crippen LogP contribution in [0, 0.1) is 0 Å². The summed E-state index contributed by atoms with van der Waals surface area (Å²) >= 11 is 0. The summed E-state index contributed by atoms with van der Waals surface area (Å²) in [5, 5.41) is 9.19. The maximum atomic E-state index is 9.19. The molecule has 1 aliphatic rings. The third-order valence-corrected chi connectivity index (χ3v) is 4.22. The molecule has 1 aromatic carbocycles. The van der Waals surface area contributed by atoms with Gasteiger partial charge in [-0.05, 0) is 44.5 Å². The van der Waals surface area contributed by atoms with Gasteiger partial charge >= 0.3 is 0 Å². The van der Waals surface area contributed by atoms with Crippen LogP contribution in [0.5, 0.6) is 0 Å². The van der Waals surface area contributed by atoms with E-state index in [1.165, 1.54) is 37.9 Å². The Morgan fingerprint density at radius 3 is 2.45 bits per heavy atom. The van der Waals surface area contributed by atoms with Crippen molar-refractivity contribution in [2.24, 2.45) is 0 Å². The van der Waals surface area contributed by atoms with Crippen LogP contribution in [-0.2, 0) is 6.54 Å². The molecule has 1 fully saturated rings. The molecule has 0 spiro atoms. The van der Waals surface area contributed by atoms with Crippen molar-refractivity contribution in [2.75, 3.05) is 32.8 Å². The van der Waals surface area contributed by atoms with Crippen molar-refractivity contribution >= 4 is 0 Å². The van der Waals surface area contributed by atoms with E-state index in [4.69, 9.17) is 0 Å². The predicted molar refractivity (Wildman–Crippen MR) is 83.7 cm³/mol. The Morgan fingerprint density at radius 1 is 1.15 bits per heavy atom. The molecule has 1 N–H and O–H groups in total. The first-order chi connectivity index (χ1) is 9.83. The zero-order valence-electron chi connectivity index (χ0n) is 12.7. The van der Waals surface area contributed by atoms with Gasteiger partial charge in [0, 0.05) is 19.1 Å². The number of piperidine rings is 1. The lowest BCUT2D eigenvalue weighted by Crippen LogP contribution is -2.45. The molecule has 1 heterocycles. The van der Waals surface area contributed by atoms with Crippen molar-refractivity contribution in [1.82, 2.24) is 9.80 Å². The molecule has 1 saturated heterocycles. The van der Waals surface area contributed by atoms with Crippen molar-refractivity contribution in [1.29, 1.82) is 0 Å². The second-order valence-electron chi connectivity index (χ2n) is 5.75. The number of hydrogen-bond donors (Lipinski definition) is 1. The lowest BCUT2D eigenvalue weighted by Gasteiger charge is -2.38. The molecule has 0 aliphatic carbocycles. The maximum absolute atomic E-state index is 9.19. The normalized spacial score (nSPS) is 17.8. The monoisotopic (exact) mass is 276 g/mol. The van der Waals surface area contributed by atoms with Crippen LogP contribution in [0.1, 0.15) is 31.7 Å². The molecule has 2 rings (SSSR count). The number of hydrogen-bond acceptors (Lipinski definition) is 3. The van der Waals surface area contributed by atoms with Crippen molar-refractivity contribution in [3.05, 3.63) is 35.9 Å².